The van der Waals surface area contributed by atoms with Gasteiger partial charge in [0.1, 0.15) is 5.82 Å². The molecule has 1 heterocycles. The van der Waals surface area contributed by atoms with Gasteiger partial charge in [0.2, 0.25) is 0 Å². The molecule has 1 unspecified atom stereocenters. The van der Waals surface area contributed by atoms with Gasteiger partial charge in [-0.15, -0.1) is 0 Å². The maximum atomic E-state index is 5.59. The molecular formula is C7H14N4. The van der Waals surface area contributed by atoms with Crippen LogP contribution in [-0.4, -0.2) is 15.8 Å². The fraction of sp³-hybridized carbons (Fsp3) is 0.571. The minimum atomic E-state index is 0.143. The lowest BCUT2D eigenvalue weighted by Crippen LogP contribution is -2.18. The molecule has 4 nitrogen and oxygen atoms in total. The maximum absolute atomic E-state index is 5.59. The summed E-state index contributed by atoms with van der Waals surface area (Å²) < 4.78 is 1.65. The summed E-state index contributed by atoms with van der Waals surface area (Å²) in [4.78, 5) is 0. The van der Waals surface area contributed by atoms with Crippen molar-refractivity contribution >= 4 is 5.82 Å². The first-order chi connectivity index (χ1) is 5.09. The van der Waals surface area contributed by atoms with Crippen LogP contribution >= 0.6 is 0 Å². The Hall–Kier alpha value is -1.03. The van der Waals surface area contributed by atoms with Crippen molar-refractivity contribution in [2.24, 2.45) is 12.8 Å². The molecule has 1 aromatic rings. The lowest BCUT2D eigenvalue weighted by atomic mass is 10.2. The number of hydrogen-bond donors (Lipinski definition) is 2. The van der Waals surface area contributed by atoms with Gasteiger partial charge in [-0.3, -0.25) is 4.68 Å². The topological polar surface area (TPSA) is 69.9 Å². The Kier molecular flexibility index (Phi) is 2.14. The standard InChI is InChI=1S/C7H14N4/c1-5(8)3-6-4-7(9)11(2)10-6/h4-5H,3,8-9H2,1-2H3. The molecule has 4 N–H and O–H groups in total. The lowest BCUT2D eigenvalue weighted by molar-refractivity contribution is 0.688. The van der Waals surface area contributed by atoms with Crippen molar-refractivity contribution in [1.29, 1.82) is 0 Å². The Labute approximate surface area is 66.2 Å². The van der Waals surface area contributed by atoms with Gasteiger partial charge < -0.3 is 11.5 Å². The molecule has 1 aromatic heterocycles. The summed E-state index contributed by atoms with van der Waals surface area (Å²) in [7, 11) is 1.82. The van der Waals surface area contributed by atoms with Crippen LogP contribution in [0.15, 0.2) is 6.07 Å². The van der Waals surface area contributed by atoms with E-state index in [0.29, 0.717) is 5.82 Å². The van der Waals surface area contributed by atoms with Crippen molar-refractivity contribution < 1.29 is 0 Å². The molecule has 1 rings (SSSR count). The van der Waals surface area contributed by atoms with E-state index in [9.17, 15) is 0 Å². The van der Waals surface area contributed by atoms with Crippen molar-refractivity contribution in [3.63, 3.8) is 0 Å². The first-order valence-corrected chi connectivity index (χ1v) is 3.63. The van der Waals surface area contributed by atoms with Crippen LogP contribution in [0.1, 0.15) is 12.6 Å². The van der Waals surface area contributed by atoms with Gasteiger partial charge in [0, 0.05) is 25.6 Å². The van der Waals surface area contributed by atoms with Crippen LogP contribution in [-0.2, 0) is 13.5 Å². The highest BCUT2D eigenvalue weighted by molar-refractivity contribution is 5.30. The van der Waals surface area contributed by atoms with Crippen LogP contribution in [0.5, 0.6) is 0 Å². The molecule has 0 amide bonds. The van der Waals surface area contributed by atoms with E-state index in [1.165, 1.54) is 0 Å². The molecule has 0 spiro atoms. The van der Waals surface area contributed by atoms with Gasteiger partial charge in [0.15, 0.2) is 0 Å². The zero-order valence-electron chi connectivity index (χ0n) is 6.91. The summed E-state index contributed by atoms with van der Waals surface area (Å²) in [5.41, 5.74) is 12.1. The van der Waals surface area contributed by atoms with Crippen molar-refractivity contribution in [2.75, 3.05) is 5.73 Å². The summed E-state index contributed by atoms with van der Waals surface area (Å²) >= 11 is 0. The number of anilines is 1. The Morgan fingerprint density at radius 2 is 2.36 bits per heavy atom. The van der Waals surface area contributed by atoms with Crippen molar-refractivity contribution in [3.8, 4) is 0 Å². The molecule has 0 saturated carbocycles. The number of nitrogens with zero attached hydrogens (tertiary/aromatic N) is 2. The third-order valence-electron chi connectivity index (χ3n) is 1.50. The fourth-order valence-electron chi connectivity index (χ4n) is 0.973. The number of aromatic nitrogens is 2. The predicted molar refractivity (Wildman–Crippen MR) is 45.0 cm³/mol. The molecule has 0 aliphatic carbocycles. The zero-order valence-corrected chi connectivity index (χ0v) is 6.91. The summed E-state index contributed by atoms with van der Waals surface area (Å²) in [5.74, 6) is 0.681. The van der Waals surface area contributed by atoms with Crippen LogP contribution in [0.4, 0.5) is 5.82 Å². The quantitative estimate of drug-likeness (QED) is 0.624. The van der Waals surface area contributed by atoms with Gasteiger partial charge in [-0.05, 0) is 6.92 Å². The average molecular weight is 154 g/mol. The molecule has 1 atom stereocenters. The van der Waals surface area contributed by atoms with E-state index in [1.807, 2.05) is 20.0 Å². The molecule has 0 aliphatic rings. The highest BCUT2D eigenvalue weighted by Gasteiger charge is 2.03. The summed E-state index contributed by atoms with van der Waals surface area (Å²) in [6.07, 6.45) is 0.783. The van der Waals surface area contributed by atoms with Gasteiger partial charge in [0.05, 0.1) is 5.69 Å². The third-order valence-corrected chi connectivity index (χ3v) is 1.50. The van der Waals surface area contributed by atoms with E-state index in [2.05, 4.69) is 5.10 Å². The summed E-state index contributed by atoms with van der Waals surface area (Å²) in [6.45, 7) is 1.95. The Morgan fingerprint density at radius 3 is 2.73 bits per heavy atom. The highest BCUT2D eigenvalue weighted by atomic mass is 15.3. The number of nitrogens with two attached hydrogens (primary N) is 2. The van der Waals surface area contributed by atoms with Crippen LogP contribution in [0.25, 0.3) is 0 Å². The fourth-order valence-corrected chi connectivity index (χ4v) is 0.973. The van der Waals surface area contributed by atoms with Gasteiger partial charge in [0.25, 0.3) is 0 Å². The van der Waals surface area contributed by atoms with E-state index in [4.69, 9.17) is 11.5 Å². The maximum Gasteiger partial charge on any atom is 0.121 e. The van der Waals surface area contributed by atoms with Crippen molar-refractivity contribution in [3.05, 3.63) is 11.8 Å². The summed E-state index contributed by atoms with van der Waals surface area (Å²) in [6, 6.07) is 1.99. The second kappa shape index (κ2) is 2.92. The second-order valence-corrected chi connectivity index (χ2v) is 2.87. The summed E-state index contributed by atoms with van der Waals surface area (Å²) in [5, 5.41) is 4.16. The molecule has 0 aliphatic heterocycles. The lowest BCUT2D eigenvalue weighted by Gasteiger charge is -1.98. The monoisotopic (exact) mass is 154 g/mol. The molecule has 0 bridgehead atoms. The predicted octanol–water partition coefficient (Wildman–Crippen LogP) is -0.108. The number of rotatable bonds is 2. The van der Waals surface area contributed by atoms with Crippen LogP contribution in [0, 0.1) is 0 Å². The minimum Gasteiger partial charge on any atom is -0.384 e. The molecule has 0 radical (unpaired) electrons. The molecule has 11 heavy (non-hydrogen) atoms. The number of hydrogen-bond acceptors (Lipinski definition) is 3. The normalized spacial score (nSPS) is 13.4. The third kappa shape index (κ3) is 1.94. The van der Waals surface area contributed by atoms with Crippen LogP contribution in [0.3, 0.4) is 0 Å². The second-order valence-electron chi connectivity index (χ2n) is 2.87. The minimum absolute atomic E-state index is 0.143. The number of aryl methyl sites for hydroxylation is 1. The molecule has 62 valence electrons. The first-order valence-electron chi connectivity index (χ1n) is 3.63. The smallest absolute Gasteiger partial charge is 0.121 e. The molecule has 0 saturated heterocycles. The number of nitrogen functional groups attached to an aromatic ring is 1. The van der Waals surface area contributed by atoms with E-state index >= 15 is 0 Å². The van der Waals surface area contributed by atoms with E-state index in [0.717, 1.165) is 12.1 Å². The molecule has 0 fully saturated rings. The Morgan fingerprint density at radius 1 is 1.73 bits per heavy atom. The van der Waals surface area contributed by atoms with Gasteiger partial charge in [-0.1, -0.05) is 0 Å². The van der Waals surface area contributed by atoms with Gasteiger partial charge >= 0.3 is 0 Å². The first kappa shape index (κ1) is 8.07. The Balaban J connectivity index is 2.73. The van der Waals surface area contributed by atoms with Crippen molar-refractivity contribution in [1.82, 2.24) is 9.78 Å². The van der Waals surface area contributed by atoms with Crippen LogP contribution < -0.4 is 11.5 Å². The SMILES string of the molecule is CC(N)Cc1cc(N)n(C)n1. The zero-order chi connectivity index (χ0) is 8.43. The van der Waals surface area contributed by atoms with Crippen LogP contribution in [0.2, 0.25) is 0 Å². The van der Waals surface area contributed by atoms with Crippen molar-refractivity contribution in [2.45, 2.75) is 19.4 Å². The highest BCUT2D eigenvalue weighted by Crippen LogP contribution is 2.05. The molecule has 4 heteroatoms. The van der Waals surface area contributed by atoms with E-state index in [1.54, 1.807) is 4.68 Å². The van der Waals surface area contributed by atoms with E-state index < -0.39 is 0 Å². The Bertz CT molecular complexity index is 219. The molecular weight excluding hydrogens is 140 g/mol. The van der Waals surface area contributed by atoms with E-state index in [-0.39, 0.29) is 6.04 Å². The van der Waals surface area contributed by atoms with Gasteiger partial charge in [-0.25, -0.2) is 0 Å². The average Bonchev–Trinajstić information content (AvgIpc) is 2.10. The molecule has 0 aromatic carbocycles. The largest absolute Gasteiger partial charge is 0.384 e. The van der Waals surface area contributed by atoms with Gasteiger partial charge in [-0.2, -0.15) is 5.10 Å².